The quantitative estimate of drug-likeness (QED) is 0.561. The van der Waals surface area contributed by atoms with Crippen molar-refractivity contribution < 1.29 is 0 Å². The highest BCUT2D eigenvalue weighted by Gasteiger charge is 2.07. The number of hydrogen-bond donors (Lipinski definition) is 0. The molecule has 0 aliphatic carbocycles. The van der Waals surface area contributed by atoms with Crippen molar-refractivity contribution in [3.63, 3.8) is 0 Å². The number of hydrogen-bond acceptors (Lipinski definition) is 3. The summed E-state index contributed by atoms with van der Waals surface area (Å²) in [6, 6.07) is 0. The van der Waals surface area contributed by atoms with Gasteiger partial charge in [-0.3, -0.25) is 0 Å². The smallest absolute Gasteiger partial charge is 0.00987 e. The van der Waals surface area contributed by atoms with Gasteiger partial charge in [0.2, 0.25) is 0 Å². The molecular weight excluding hydrogens is 180 g/mol. The Morgan fingerprint density at radius 3 is 1.54 bits per heavy atom. The molecule has 0 rings (SSSR count). The second-order valence-electron chi connectivity index (χ2n) is 3.12. The van der Waals surface area contributed by atoms with Crippen LogP contribution in [0.2, 0.25) is 0 Å². The molecule has 3 heteroatoms. The first kappa shape index (κ1) is 13.3. The van der Waals surface area contributed by atoms with Crippen molar-refractivity contribution in [3.05, 3.63) is 0 Å². The van der Waals surface area contributed by atoms with Crippen molar-refractivity contribution in [2.45, 2.75) is 40.5 Å². The van der Waals surface area contributed by atoms with E-state index < -0.39 is 0 Å². The van der Waals surface area contributed by atoms with Crippen molar-refractivity contribution in [1.29, 1.82) is 0 Å². The van der Waals surface area contributed by atoms with Gasteiger partial charge in [-0.2, -0.15) is 0 Å². The molecule has 0 aliphatic heterocycles. The predicted molar refractivity (Wildman–Crippen MR) is 62.7 cm³/mol. The molecule has 0 unspecified atom stereocenters. The van der Waals surface area contributed by atoms with E-state index in [4.69, 9.17) is 0 Å². The summed E-state index contributed by atoms with van der Waals surface area (Å²) in [6.45, 7) is 13.6. The highest BCUT2D eigenvalue weighted by Crippen LogP contribution is 2.16. The minimum absolute atomic E-state index is 1.13. The first-order valence-corrected chi connectivity index (χ1v) is 6.19. The Bertz CT molecular complexity index is 99.1. The van der Waals surface area contributed by atoms with Crippen LogP contribution in [-0.2, 0) is 0 Å². The first-order chi connectivity index (χ1) is 6.28. The summed E-state index contributed by atoms with van der Waals surface area (Å²) in [5.74, 6) is 0. The van der Waals surface area contributed by atoms with Gasteiger partial charge in [0.25, 0.3) is 0 Å². The Morgan fingerprint density at radius 1 is 0.769 bits per heavy atom. The Labute approximate surface area is 87.9 Å². The van der Waals surface area contributed by atoms with Crippen molar-refractivity contribution >= 4 is 12.1 Å². The van der Waals surface area contributed by atoms with Gasteiger partial charge in [0, 0.05) is 38.3 Å². The van der Waals surface area contributed by atoms with E-state index in [1.807, 2.05) is 12.1 Å². The van der Waals surface area contributed by atoms with Gasteiger partial charge in [-0.25, -0.2) is 8.61 Å². The molecule has 0 saturated heterocycles. The van der Waals surface area contributed by atoms with E-state index >= 15 is 0 Å². The third-order valence-corrected chi connectivity index (χ3v) is 3.23. The first-order valence-electron chi connectivity index (χ1n) is 5.46. The van der Waals surface area contributed by atoms with Crippen LogP contribution in [0, 0.1) is 0 Å². The largest absolute Gasteiger partial charge is 0.238 e. The Hall–Kier alpha value is 0.270. The highest BCUT2D eigenvalue weighted by atomic mass is 32.2. The lowest BCUT2D eigenvalue weighted by molar-refractivity contribution is 0.425. The van der Waals surface area contributed by atoms with Gasteiger partial charge in [-0.15, -0.1) is 0 Å². The maximum Gasteiger partial charge on any atom is 0.00987 e. The third kappa shape index (κ3) is 6.36. The molecule has 13 heavy (non-hydrogen) atoms. The monoisotopic (exact) mass is 204 g/mol. The molecule has 0 aromatic carbocycles. The maximum absolute atomic E-state index is 2.47. The standard InChI is InChI=1S/C10H24N2S/c1-5-9-12(10-6-2)13-11(7-3)8-4/h5-10H2,1-4H3. The van der Waals surface area contributed by atoms with E-state index in [-0.39, 0.29) is 0 Å². The van der Waals surface area contributed by atoms with Crippen LogP contribution in [0.15, 0.2) is 0 Å². The Kier molecular flexibility index (Phi) is 9.03. The van der Waals surface area contributed by atoms with Crippen molar-refractivity contribution in [2.24, 2.45) is 0 Å². The minimum Gasteiger partial charge on any atom is -0.238 e. The van der Waals surface area contributed by atoms with Gasteiger partial charge in [-0.1, -0.05) is 27.7 Å². The van der Waals surface area contributed by atoms with E-state index in [0.29, 0.717) is 0 Å². The molecule has 0 fully saturated rings. The fourth-order valence-corrected chi connectivity index (χ4v) is 2.28. The minimum atomic E-state index is 1.13. The molecule has 0 N–H and O–H groups in total. The molecule has 80 valence electrons. The summed E-state index contributed by atoms with van der Waals surface area (Å²) in [5.41, 5.74) is 0. The van der Waals surface area contributed by atoms with Gasteiger partial charge in [0.1, 0.15) is 0 Å². The maximum atomic E-state index is 2.47. The second-order valence-corrected chi connectivity index (χ2v) is 4.32. The topological polar surface area (TPSA) is 6.48 Å². The molecule has 0 aromatic heterocycles. The highest BCUT2D eigenvalue weighted by molar-refractivity contribution is 7.94. The molecular formula is C10H24N2S. The van der Waals surface area contributed by atoms with Crippen LogP contribution in [0.1, 0.15) is 40.5 Å². The van der Waals surface area contributed by atoms with Crippen LogP contribution in [-0.4, -0.2) is 34.8 Å². The fourth-order valence-electron chi connectivity index (χ4n) is 1.19. The molecule has 0 spiro atoms. The van der Waals surface area contributed by atoms with E-state index in [1.165, 1.54) is 25.9 Å². The molecule has 0 saturated carbocycles. The van der Waals surface area contributed by atoms with Crippen LogP contribution in [0.3, 0.4) is 0 Å². The van der Waals surface area contributed by atoms with Crippen molar-refractivity contribution in [2.75, 3.05) is 26.2 Å². The summed E-state index contributed by atoms with van der Waals surface area (Å²) in [5, 5.41) is 0. The van der Waals surface area contributed by atoms with E-state index in [0.717, 1.165) is 13.1 Å². The average Bonchev–Trinajstić information content (AvgIpc) is 2.14. The van der Waals surface area contributed by atoms with Crippen LogP contribution in [0.4, 0.5) is 0 Å². The SMILES string of the molecule is CCCN(CCC)SN(CC)CC. The molecule has 0 heterocycles. The summed E-state index contributed by atoms with van der Waals surface area (Å²) in [6.07, 6.45) is 2.49. The zero-order valence-corrected chi connectivity index (χ0v) is 10.4. The van der Waals surface area contributed by atoms with Gasteiger partial charge in [0.15, 0.2) is 0 Å². The molecule has 0 aromatic rings. The summed E-state index contributed by atoms with van der Waals surface area (Å²) < 4.78 is 4.86. The lowest BCUT2D eigenvalue weighted by Gasteiger charge is -2.26. The summed E-state index contributed by atoms with van der Waals surface area (Å²) in [4.78, 5) is 0. The van der Waals surface area contributed by atoms with Crippen LogP contribution in [0.25, 0.3) is 0 Å². The molecule has 2 nitrogen and oxygen atoms in total. The van der Waals surface area contributed by atoms with E-state index in [2.05, 4.69) is 36.3 Å². The van der Waals surface area contributed by atoms with Crippen molar-refractivity contribution in [3.8, 4) is 0 Å². The van der Waals surface area contributed by atoms with Crippen LogP contribution in [0.5, 0.6) is 0 Å². The van der Waals surface area contributed by atoms with Crippen LogP contribution < -0.4 is 0 Å². The zero-order chi connectivity index (χ0) is 10.1. The van der Waals surface area contributed by atoms with Crippen LogP contribution >= 0.6 is 12.1 Å². The zero-order valence-electron chi connectivity index (χ0n) is 9.55. The van der Waals surface area contributed by atoms with Gasteiger partial charge in [-0.05, 0) is 12.8 Å². The molecule has 0 radical (unpaired) electrons. The Morgan fingerprint density at radius 2 is 1.23 bits per heavy atom. The summed E-state index contributed by atoms with van der Waals surface area (Å²) in [7, 11) is 0. The van der Waals surface area contributed by atoms with Crippen molar-refractivity contribution in [1.82, 2.24) is 8.61 Å². The lowest BCUT2D eigenvalue weighted by atomic mass is 10.4. The van der Waals surface area contributed by atoms with Gasteiger partial charge < -0.3 is 0 Å². The molecule has 0 aliphatic rings. The average molecular weight is 204 g/mol. The van der Waals surface area contributed by atoms with E-state index in [9.17, 15) is 0 Å². The second kappa shape index (κ2) is 8.85. The molecule has 0 atom stereocenters. The molecule has 0 bridgehead atoms. The third-order valence-electron chi connectivity index (χ3n) is 1.88. The Balaban J connectivity index is 3.76. The van der Waals surface area contributed by atoms with Gasteiger partial charge >= 0.3 is 0 Å². The fraction of sp³-hybridized carbons (Fsp3) is 1.00. The van der Waals surface area contributed by atoms with E-state index in [1.54, 1.807) is 0 Å². The molecule has 0 amide bonds. The lowest BCUT2D eigenvalue weighted by Crippen LogP contribution is -2.26. The predicted octanol–water partition coefficient (Wildman–Crippen LogP) is 3.01. The number of nitrogens with zero attached hydrogens (tertiary/aromatic N) is 2. The normalized spacial score (nSPS) is 11.5. The summed E-state index contributed by atoms with van der Waals surface area (Å²) >= 11 is 1.91. The number of rotatable bonds is 8. The van der Waals surface area contributed by atoms with Gasteiger partial charge in [0.05, 0.1) is 0 Å².